The number of hydrogen-bond acceptors (Lipinski definition) is 3. The first-order valence-electron chi connectivity index (χ1n) is 10.5. The van der Waals surface area contributed by atoms with Crippen LogP contribution in [0.4, 0.5) is 0 Å². The van der Waals surface area contributed by atoms with Crippen molar-refractivity contribution >= 4 is 20.9 Å². The van der Waals surface area contributed by atoms with Crippen molar-refractivity contribution in [2.45, 2.75) is 88.9 Å². The maximum Gasteiger partial charge on any atom is 1.00 e. The fraction of sp³-hybridized carbons (Fsp3) is 0.565. The molecule has 28 heavy (non-hydrogen) atoms. The van der Waals surface area contributed by atoms with E-state index in [1.165, 1.54) is 63.9 Å². The Balaban J connectivity index is 0.00000392. The third-order valence-electron chi connectivity index (χ3n) is 5.26. The number of rotatable bonds is 13. The van der Waals surface area contributed by atoms with E-state index >= 15 is 0 Å². The molecular weight excluding hydrogens is 395 g/mol. The number of hydrogen-bond donors (Lipinski definition) is 0. The molecule has 2 aromatic rings. The van der Waals surface area contributed by atoms with E-state index in [2.05, 4.69) is 6.92 Å². The van der Waals surface area contributed by atoms with Gasteiger partial charge in [0.05, 0.1) is 4.90 Å². The predicted octanol–water partition coefficient (Wildman–Crippen LogP) is 3.60. The topological polar surface area (TPSA) is 57.2 Å². The van der Waals surface area contributed by atoms with E-state index in [9.17, 15) is 13.0 Å². The Morgan fingerprint density at radius 3 is 1.89 bits per heavy atom. The van der Waals surface area contributed by atoms with Crippen LogP contribution in [0.1, 0.15) is 83.1 Å². The van der Waals surface area contributed by atoms with Gasteiger partial charge in [-0.25, -0.2) is 8.42 Å². The minimum atomic E-state index is -4.42. The van der Waals surface area contributed by atoms with Gasteiger partial charge in [-0.3, -0.25) is 0 Å². The molecular formula is C23H33KO3S. The second kappa shape index (κ2) is 14.3. The molecule has 0 fully saturated rings. The summed E-state index contributed by atoms with van der Waals surface area (Å²) in [6, 6.07) is 10.8. The Bertz CT molecular complexity index is 803. The van der Waals surface area contributed by atoms with Crippen LogP contribution in [-0.2, 0) is 16.5 Å². The Kier molecular flexibility index (Phi) is 13.4. The smallest absolute Gasteiger partial charge is 0.744 e. The summed E-state index contributed by atoms with van der Waals surface area (Å²) in [5.41, 5.74) is 0.971. The molecule has 2 aromatic carbocycles. The van der Waals surface area contributed by atoms with Gasteiger partial charge in [0.25, 0.3) is 0 Å². The molecule has 0 heterocycles. The molecule has 0 aliphatic carbocycles. The standard InChI is InChI=1S/C23H34O3S.K/c1-2-3-4-5-6-7-8-9-10-11-12-15-20-18-22(27(24,25)26)19-21-16-13-14-17-23(20)21;/h13-14,16-19H,2-12,15H2,1H3,(H,24,25,26);/q;+1/p-1. The monoisotopic (exact) mass is 428 g/mol. The van der Waals surface area contributed by atoms with Crippen molar-refractivity contribution in [1.82, 2.24) is 0 Å². The third-order valence-corrected chi connectivity index (χ3v) is 6.07. The summed E-state index contributed by atoms with van der Waals surface area (Å²) in [6.45, 7) is 2.25. The van der Waals surface area contributed by atoms with Crippen molar-refractivity contribution in [3.63, 3.8) is 0 Å². The molecule has 0 unspecified atom stereocenters. The van der Waals surface area contributed by atoms with Gasteiger partial charge in [-0.1, -0.05) is 95.4 Å². The molecule has 0 saturated carbocycles. The van der Waals surface area contributed by atoms with Gasteiger partial charge in [-0.2, -0.15) is 0 Å². The quantitative estimate of drug-likeness (QED) is 0.278. The molecule has 0 aromatic heterocycles. The molecule has 0 spiro atoms. The van der Waals surface area contributed by atoms with Gasteiger partial charge in [0, 0.05) is 0 Å². The number of unbranched alkanes of at least 4 members (excludes halogenated alkanes) is 10. The Morgan fingerprint density at radius 2 is 1.32 bits per heavy atom. The van der Waals surface area contributed by atoms with Crippen LogP contribution in [-0.4, -0.2) is 13.0 Å². The fourth-order valence-corrected chi connectivity index (χ4v) is 4.25. The summed E-state index contributed by atoms with van der Waals surface area (Å²) >= 11 is 0. The van der Waals surface area contributed by atoms with E-state index in [0.29, 0.717) is 0 Å². The summed E-state index contributed by atoms with van der Waals surface area (Å²) in [4.78, 5) is -0.112. The summed E-state index contributed by atoms with van der Waals surface area (Å²) in [5.74, 6) is 0. The van der Waals surface area contributed by atoms with Gasteiger partial charge < -0.3 is 4.55 Å². The van der Waals surface area contributed by atoms with E-state index in [1.807, 2.05) is 24.3 Å². The van der Waals surface area contributed by atoms with Crippen LogP contribution in [0.2, 0.25) is 0 Å². The van der Waals surface area contributed by atoms with Crippen molar-refractivity contribution in [2.75, 3.05) is 0 Å². The minimum absolute atomic E-state index is 0. The Morgan fingerprint density at radius 1 is 0.786 bits per heavy atom. The van der Waals surface area contributed by atoms with Crippen LogP contribution >= 0.6 is 0 Å². The molecule has 2 rings (SSSR count). The largest absolute Gasteiger partial charge is 1.00 e. The SMILES string of the molecule is CCCCCCCCCCCCCc1cc(S(=O)(=O)[O-])cc2ccccc12.[K+]. The zero-order valence-corrected chi connectivity index (χ0v) is 21.5. The van der Waals surface area contributed by atoms with Gasteiger partial charge in [0.15, 0.2) is 0 Å². The van der Waals surface area contributed by atoms with Gasteiger partial charge in [0.2, 0.25) is 0 Å². The van der Waals surface area contributed by atoms with Crippen molar-refractivity contribution in [3.8, 4) is 0 Å². The summed E-state index contributed by atoms with van der Waals surface area (Å²) < 4.78 is 34.3. The van der Waals surface area contributed by atoms with Crippen LogP contribution < -0.4 is 51.4 Å². The number of benzene rings is 2. The molecule has 0 radical (unpaired) electrons. The summed E-state index contributed by atoms with van der Waals surface area (Å²) in [7, 11) is -4.42. The van der Waals surface area contributed by atoms with Crippen LogP contribution in [0.3, 0.4) is 0 Å². The third kappa shape index (κ3) is 9.37. The van der Waals surface area contributed by atoms with Crippen molar-refractivity contribution < 1.29 is 64.4 Å². The molecule has 0 atom stereocenters. The second-order valence-electron chi connectivity index (χ2n) is 7.54. The van der Waals surface area contributed by atoms with Crippen LogP contribution in [0.15, 0.2) is 41.3 Å². The summed E-state index contributed by atoms with van der Waals surface area (Å²) in [5, 5.41) is 1.88. The van der Waals surface area contributed by atoms with E-state index < -0.39 is 10.1 Å². The molecule has 0 bridgehead atoms. The van der Waals surface area contributed by atoms with E-state index in [-0.39, 0.29) is 56.3 Å². The first kappa shape index (κ1) is 26.3. The van der Waals surface area contributed by atoms with Crippen LogP contribution in [0.25, 0.3) is 10.8 Å². The van der Waals surface area contributed by atoms with Crippen molar-refractivity contribution in [3.05, 3.63) is 42.0 Å². The van der Waals surface area contributed by atoms with Crippen molar-refractivity contribution in [1.29, 1.82) is 0 Å². The first-order valence-corrected chi connectivity index (χ1v) is 11.9. The molecule has 0 saturated heterocycles. The Labute approximate surface area is 213 Å². The molecule has 3 nitrogen and oxygen atoms in total. The second-order valence-corrected chi connectivity index (χ2v) is 8.92. The average Bonchev–Trinajstić information content (AvgIpc) is 2.65. The molecule has 150 valence electrons. The zero-order valence-electron chi connectivity index (χ0n) is 17.6. The molecule has 0 aliphatic rings. The van der Waals surface area contributed by atoms with Crippen molar-refractivity contribution in [2.24, 2.45) is 0 Å². The summed E-state index contributed by atoms with van der Waals surface area (Å²) in [6.07, 6.45) is 15.0. The molecule has 5 heteroatoms. The fourth-order valence-electron chi connectivity index (χ4n) is 3.69. The number of aryl methyl sites for hydroxylation is 1. The van der Waals surface area contributed by atoms with E-state index in [0.717, 1.165) is 35.6 Å². The zero-order chi connectivity index (χ0) is 19.5. The molecule has 0 amide bonds. The van der Waals surface area contributed by atoms with Gasteiger partial charge in [-0.05, 0) is 41.3 Å². The minimum Gasteiger partial charge on any atom is -0.744 e. The van der Waals surface area contributed by atoms with Crippen LogP contribution in [0.5, 0.6) is 0 Å². The molecule has 0 N–H and O–H groups in total. The normalized spacial score (nSPS) is 11.5. The maximum atomic E-state index is 11.4. The van der Waals surface area contributed by atoms with Gasteiger partial charge in [-0.15, -0.1) is 0 Å². The van der Waals surface area contributed by atoms with E-state index in [4.69, 9.17) is 0 Å². The predicted molar refractivity (Wildman–Crippen MR) is 112 cm³/mol. The van der Waals surface area contributed by atoms with Gasteiger partial charge >= 0.3 is 51.4 Å². The first-order chi connectivity index (χ1) is 13.0. The van der Waals surface area contributed by atoms with Gasteiger partial charge in [0.1, 0.15) is 10.1 Å². The number of fused-ring (bicyclic) bond motifs is 1. The molecule has 0 aliphatic heterocycles. The Hall–Kier alpha value is 0.246. The average molecular weight is 429 g/mol. The van der Waals surface area contributed by atoms with Crippen LogP contribution in [0, 0.1) is 0 Å². The van der Waals surface area contributed by atoms with E-state index in [1.54, 1.807) is 6.07 Å². The maximum absolute atomic E-state index is 11.4.